The van der Waals surface area contributed by atoms with Crippen LogP contribution >= 0.6 is 0 Å². The Hall–Kier alpha value is -4.93. The van der Waals surface area contributed by atoms with E-state index in [0.29, 0.717) is 57.6 Å². The van der Waals surface area contributed by atoms with Gasteiger partial charge >= 0.3 is 6.16 Å². The molecule has 0 spiro atoms. The number of hydrogen-bond acceptors (Lipinski definition) is 10. The summed E-state index contributed by atoms with van der Waals surface area (Å²) in [6.07, 6.45) is 0.0304. The molecule has 0 bridgehead atoms. The third-order valence-electron chi connectivity index (χ3n) is 8.61. The first-order valence-electron chi connectivity index (χ1n) is 17.7. The lowest BCUT2D eigenvalue weighted by molar-refractivity contribution is -0.177. The molecule has 1 aliphatic rings. The molecule has 0 N–H and O–H groups in total. The van der Waals surface area contributed by atoms with E-state index in [0.717, 1.165) is 34.8 Å². The number of rotatable bonds is 17. The number of hydrogen-bond donors (Lipinski definition) is 0. The van der Waals surface area contributed by atoms with Crippen LogP contribution in [0.3, 0.4) is 0 Å². The summed E-state index contributed by atoms with van der Waals surface area (Å²) in [5, 5.41) is 1.67. The first-order valence-corrected chi connectivity index (χ1v) is 17.7. The molecule has 0 saturated carbocycles. The van der Waals surface area contributed by atoms with Gasteiger partial charge in [-0.3, -0.25) is 0 Å². The lowest BCUT2D eigenvalue weighted by Crippen LogP contribution is -2.49. The van der Waals surface area contributed by atoms with Crippen LogP contribution < -0.4 is 23.7 Å². The second kappa shape index (κ2) is 19.1. The van der Waals surface area contributed by atoms with E-state index in [1.54, 1.807) is 19.3 Å². The Labute approximate surface area is 307 Å². The molecule has 4 aromatic carbocycles. The summed E-state index contributed by atoms with van der Waals surface area (Å²) in [4.78, 5) is 18.6. The lowest BCUT2D eigenvalue weighted by Gasteiger charge is -2.42. The maximum Gasteiger partial charge on any atom is 0.528 e. The molecule has 1 aliphatic heterocycles. The average Bonchev–Trinajstić information content (AvgIpc) is 3.14. The second-order valence-electron chi connectivity index (χ2n) is 13.7. The fourth-order valence-corrected chi connectivity index (χ4v) is 6.17. The quantitative estimate of drug-likeness (QED) is 0.0785. The maximum absolute atomic E-state index is 12.8. The smallest absolute Gasteiger partial charge is 0.497 e. The van der Waals surface area contributed by atoms with E-state index < -0.39 is 11.8 Å². The molecule has 0 amide bonds. The van der Waals surface area contributed by atoms with Gasteiger partial charge in [-0.15, -0.1) is 5.06 Å². The molecular formula is C42H51NO9. The topological polar surface area (TPSA) is 94.2 Å². The van der Waals surface area contributed by atoms with Crippen LogP contribution in [-0.2, 0) is 20.9 Å². The molecule has 1 heterocycles. The zero-order valence-electron chi connectivity index (χ0n) is 30.8. The van der Waals surface area contributed by atoms with Crippen molar-refractivity contribution in [2.24, 2.45) is 11.8 Å². The maximum atomic E-state index is 12.8. The predicted octanol–water partition coefficient (Wildman–Crippen LogP) is 8.35. The average molecular weight is 714 g/mol. The van der Waals surface area contributed by atoms with Gasteiger partial charge in [0.25, 0.3) is 0 Å². The van der Waals surface area contributed by atoms with E-state index >= 15 is 0 Å². The molecule has 278 valence electrons. The van der Waals surface area contributed by atoms with E-state index in [-0.39, 0.29) is 17.8 Å². The van der Waals surface area contributed by atoms with Gasteiger partial charge in [0, 0.05) is 31.3 Å². The van der Waals surface area contributed by atoms with Crippen molar-refractivity contribution >= 4 is 6.16 Å². The van der Waals surface area contributed by atoms with Crippen molar-refractivity contribution in [1.82, 2.24) is 5.06 Å². The lowest BCUT2D eigenvalue weighted by atomic mass is 9.74. The van der Waals surface area contributed by atoms with E-state index in [1.807, 2.05) is 99.6 Å². The minimum absolute atomic E-state index is 0.00424. The van der Waals surface area contributed by atoms with Gasteiger partial charge in [0.15, 0.2) is 0 Å². The van der Waals surface area contributed by atoms with Crippen LogP contribution in [0.25, 0.3) is 0 Å². The van der Waals surface area contributed by atoms with Gasteiger partial charge in [0.1, 0.15) is 34.3 Å². The predicted molar refractivity (Wildman–Crippen MR) is 198 cm³/mol. The van der Waals surface area contributed by atoms with Crippen molar-refractivity contribution in [2.45, 2.75) is 45.3 Å². The summed E-state index contributed by atoms with van der Waals surface area (Å²) < 4.78 is 40.7. The fourth-order valence-electron chi connectivity index (χ4n) is 6.17. The molecule has 4 aromatic rings. The van der Waals surface area contributed by atoms with Crippen LogP contribution in [0, 0.1) is 11.8 Å². The molecule has 10 nitrogen and oxygen atoms in total. The van der Waals surface area contributed by atoms with Gasteiger partial charge in [0.05, 0.1) is 47.3 Å². The van der Waals surface area contributed by atoms with E-state index in [9.17, 15) is 4.79 Å². The zero-order valence-corrected chi connectivity index (χ0v) is 30.8. The SMILES string of the molecule is COc1ccc(OC[C@@H]2CN(OC(=O)OC(C)(C)C)C[C@H](COc3ccc(OC)cc3)[C@@H]2c2ccc(OCCCOCc3ccccc3)cc2)cc1. The minimum atomic E-state index is -0.748. The summed E-state index contributed by atoms with van der Waals surface area (Å²) in [5.41, 5.74) is 1.58. The van der Waals surface area contributed by atoms with E-state index in [1.165, 1.54) is 0 Å². The van der Waals surface area contributed by atoms with Gasteiger partial charge in [-0.25, -0.2) is 4.79 Å². The highest BCUT2D eigenvalue weighted by Crippen LogP contribution is 2.39. The number of piperidine rings is 1. The molecule has 52 heavy (non-hydrogen) atoms. The third-order valence-corrected chi connectivity index (χ3v) is 8.61. The molecule has 10 heteroatoms. The number of carbonyl (C=O) groups excluding carboxylic acids is 1. The second-order valence-corrected chi connectivity index (χ2v) is 13.7. The Kier molecular flexibility index (Phi) is 14.0. The van der Waals surface area contributed by atoms with Gasteiger partial charge in [0.2, 0.25) is 0 Å². The summed E-state index contributed by atoms with van der Waals surface area (Å²) in [5.74, 6) is 3.53. The summed E-state index contributed by atoms with van der Waals surface area (Å²) in [7, 11) is 3.27. The van der Waals surface area contributed by atoms with Gasteiger partial charge in [-0.1, -0.05) is 42.5 Å². The molecule has 5 rings (SSSR count). The third kappa shape index (κ3) is 12.1. The first-order chi connectivity index (χ1) is 25.2. The molecular weight excluding hydrogens is 662 g/mol. The Morgan fingerprint density at radius 2 is 1.15 bits per heavy atom. The molecule has 3 atom stereocenters. The molecule has 1 fully saturated rings. The van der Waals surface area contributed by atoms with Crippen molar-refractivity contribution in [3.8, 4) is 28.7 Å². The number of nitrogens with zero attached hydrogens (tertiary/aromatic N) is 1. The molecule has 0 aliphatic carbocycles. The Morgan fingerprint density at radius 1 is 0.654 bits per heavy atom. The van der Waals surface area contributed by atoms with Crippen LogP contribution in [0.2, 0.25) is 0 Å². The molecule has 0 radical (unpaired) electrons. The number of benzene rings is 4. The van der Waals surface area contributed by atoms with Crippen molar-refractivity contribution in [2.75, 3.05) is 53.7 Å². The van der Waals surface area contributed by atoms with E-state index in [4.69, 9.17) is 38.0 Å². The summed E-state index contributed by atoms with van der Waals surface area (Å²) in [6.45, 7) is 8.77. The van der Waals surface area contributed by atoms with Crippen LogP contribution in [0.5, 0.6) is 28.7 Å². The van der Waals surface area contributed by atoms with Crippen LogP contribution in [-0.4, -0.2) is 70.6 Å². The highest BCUT2D eigenvalue weighted by Gasteiger charge is 2.41. The van der Waals surface area contributed by atoms with Gasteiger partial charge in [-0.2, -0.15) is 0 Å². The minimum Gasteiger partial charge on any atom is -0.497 e. The van der Waals surface area contributed by atoms with Crippen LogP contribution in [0.1, 0.15) is 44.2 Å². The summed E-state index contributed by atoms with van der Waals surface area (Å²) in [6, 6.07) is 33.4. The fraction of sp³-hybridized carbons (Fsp3) is 0.405. The Balaban J connectivity index is 1.31. The van der Waals surface area contributed by atoms with Crippen molar-refractivity contribution in [3.63, 3.8) is 0 Å². The first kappa shape index (κ1) is 38.3. The zero-order chi connectivity index (χ0) is 36.8. The largest absolute Gasteiger partial charge is 0.528 e. The van der Waals surface area contributed by atoms with Crippen LogP contribution in [0.15, 0.2) is 103 Å². The van der Waals surface area contributed by atoms with Crippen LogP contribution in [0.4, 0.5) is 4.79 Å². The number of carbonyl (C=O) groups is 1. The van der Waals surface area contributed by atoms with Gasteiger partial charge in [-0.05, 0) is 98.5 Å². The van der Waals surface area contributed by atoms with E-state index in [2.05, 4.69) is 24.3 Å². The van der Waals surface area contributed by atoms with Crippen molar-refractivity contribution in [3.05, 3.63) is 114 Å². The van der Waals surface area contributed by atoms with Gasteiger partial charge < -0.3 is 38.0 Å². The Bertz CT molecular complexity index is 1560. The molecule has 0 aromatic heterocycles. The van der Waals surface area contributed by atoms with Crippen molar-refractivity contribution in [1.29, 1.82) is 0 Å². The Morgan fingerprint density at radius 3 is 1.67 bits per heavy atom. The number of ether oxygens (including phenoxy) is 7. The van der Waals surface area contributed by atoms with Crippen molar-refractivity contribution < 1.29 is 42.8 Å². The highest BCUT2D eigenvalue weighted by atomic mass is 16.8. The highest BCUT2D eigenvalue weighted by molar-refractivity contribution is 5.60. The number of methoxy groups -OCH3 is 2. The molecule has 1 saturated heterocycles. The molecule has 0 unspecified atom stereocenters. The number of hydroxylamine groups is 2. The standard InChI is InChI=1S/C42H51NO9/c1-42(2,3)51-41(44)52-43-26-33(29-49-38-20-16-35(45-4)17-21-38)40(34(27-43)30-50-39-22-18-36(46-5)19-23-39)32-12-14-37(15-13-32)48-25-9-24-47-28-31-10-7-6-8-11-31/h6-8,10-23,33-34,40H,9,24-30H2,1-5H3/t33-,34+,40+. The summed E-state index contributed by atoms with van der Waals surface area (Å²) >= 11 is 0. The normalized spacial score (nSPS) is 17.5. The monoisotopic (exact) mass is 713 g/mol.